The Bertz CT molecular complexity index is 532. The molecule has 0 radical (unpaired) electrons. The normalized spacial score (nSPS) is 12.5. The van der Waals surface area contributed by atoms with Crippen LogP contribution in [0, 0.1) is 0 Å². The van der Waals surface area contributed by atoms with Crippen molar-refractivity contribution in [2.45, 2.75) is 5.38 Å². The smallest absolute Gasteiger partial charge is 0.0861 e. The van der Waals surface area contributed by atoms with Crippen LogP contribution < -0.4 is 0 Å². The summed E-state index contributed by atoms with van der Waals surface area (Å²) in [5, 5.41) is 1.38. The van der Waals surface area contributed by atoms with Gasteiger partial charge in [-0.15, -0.1) is 11.6 Å². The summed E-state index contributed by atoms with van der Waals surface area (Å²) >= 11 is 28.0. The molecule has 0 heterocycles. The first-order valence-corrected chi connectivity index (χ1v) is 7.39. The van der Waals surface area contributed by atoms with E-state index in [-0.39, 0.29) is 0 Å². The Hall–Kier alpha value is 0.0800. The van der Waals surface area contributed by atoms with Crippen molar-refractivity contribution in [1.82, 2.24) is 0 Å². The van der Waals surface area contributed by atoms with E-state index < -0.39 is 5.38 Å². The molecule has 0 aliphatic heterocycles. The van der Waals surface area contributed by atoms with Crippen LogP contribution in [0.2, 0.25) is 15.1 Å². The van der Waals surface area contributed by atoms with E-state index in [1.807, 2.05) is 6.07 Å². The van der Waals surface area contributed by atoms with Crippen molar-refractivity contribution in [3.8, 4) is 0 Å². The van der Waals surface area contributed by atoms with Crippen molar-refractivity contribution in [3.63, 3.8) is 0 Å². The van der Waals surface area contributed by atoms with Crippen LogP contribution in [0.4, 0.5) is 0 Å². The molecular weight excluding hydrogens is 378 g/mol. The molecular formula is C13H7BrCl4. The molecule has 0 aliphatic carbocycles. The van der Waals surface area contributed by atoms with E-state index in [1.54, 1.807) is 30.3 Å². The number of hydrogen-bond acceptors (Lipinski definition) is 0. The second-order valence-corrected chi connectivity index (χ2v) is 6.27. The third-order valence-corrected chi connectivity index (χ3v) is 4.47. The van der Waals surface area contributed by atoms with Crippen molar-refractivity contribution in [1.29, 1.82) is 0 Å². The standard InChI is InChI=1S/C13H7BrCl4/c14-11-3-1-7(15)5-9(11)13(18)10-6-8(16)2-4-12(10)17/h1-6,13H. The fraction of sp³-hybridized carbons (Fsp3) is 0.0769. The van der Waals surface area contributed by atoms with E-state index in [9.17, 15) is 0 Å². The summed E-state index contributed by atoms with van der Waals surface area (Å²) in [6, 6.07) is 10.7. The van der Waals surface area contributed by atoms with Crippen molar-refractivity contribution < 1.29 is 0 Å². The summed E-state index contributed by atoms with van der Waals surface area (Å²) in [5.41, 5.74) is 1.61. The molecule has 0 fully saturated rings. The van der Waals surface area contributed by atoms with Gasteiger partial charge < -0.3 is 0 Å². The van der Waals surface area contributed by atoms with Gasteiger partial charge in [0.15, 0.2) is 0 Å². The fourth-order valence-electron chi connectivity index (χ4n) is 1.59. The molecule has 94 valence electrons. The van der Waals surface area contributed by atoms with Crippen LogP contribution in [0.25, 0.3) is 0 Å². The molecule has 18 heavy (non-hydrogen) atoms. The van der Waals surface area contributed by atoms with Gasteiger partial charge in [0, 0.05) is 19.5 Å². The van der Waals surface area contributed by atoms with Crippen molar-refractivity contribution >= 4 is 62.3 Å². The zero-order chi connectivity index (χ0) is 13.3. The summed E-state index contributed by atoms with van der Waals surface area (Å²) < 4.78 is 0.878. The monoisotopic (exact) mass is 382 g/mol. The van der Waals surface area contributed by atoms with Crippen LogP contribution in [-0.4, -0.2) is 0 Å². The van der Waals surface area contributed by atoms with Gasteiger partial charge in [-0.2, -0.15) is 0 Å². The van der Waals surface area contributed by atoms with E-state index in [0.29, 0.717) is 15.1 Å². The molecule has 0 amide bonds. The second kappa shape index (κ2) is 6.02. The molecule has 0 saturated heterocycles. The summed E-state index contributed by atoms with van der Waals surface area (Å²) in [6.45, 7) is 0. The largest absolute Gasteiger partial charge is 0.112 e. The topological polar surface area (TPSA) is 0 Å². The first-order chi connectivity index (χ1) is 8.49. The maximum Gasteiger partial charge on any atom is 0.0861 e. The molecule has 1 unspecified atom stereocenters. The lowest BCUT2D eigenvalue weighted by Crippen LogP contribution is -1.96. The lowest BCUT2D eigenvalue weighted by Gasteiger charge is -2.14. The Labute approximate surface area is 134 Å². The van der Waals surface area contributed by atoms with E-state index >= 15 is 0 Å². The van der Waals surface area contributed by atoms with Crippen LogP contribution >= 0.6 is 62.3 Å². The SMILES string of the molecule is Clc1ccc(Cl)c(C(Cl)c2cc(Cl)ccc2Br)c1. The van der Waals surface area contributed by atoms with Crippen molar-refractivity contribution in [2.24, 2.45) is 0 Å². The molecule has 0 nitrogen and oxygen atoms in total. The second-order valence-electron chi connectivity index (χ2n) is 3.69. The molecule has 0 N–H and O–H groups in total. The Balaban J connectivity index is 2.50. The Kier molecular flexibility index (Phi) is 4.85. The lowest BCUT2D eigenvalue weighted by atomic mass is 10.0. The number of alkyl halides is 1. The molecule has 5 heteroatoms. The minimum absolute atomic E-state index is 0.413. The highest BCUT2D eigenvalue weighted by molar-refractivity contribution is 9.10. The van der Waals surface area contributed by atoms with Gasteiger partial charge in [0.2, 0.25) is 0 Å². The van der Waals surface area contributed by atoms with Gasteiger partial charge in [-0.25, -0.2) is 0 Å². The molecule has 2 aromatic carbocycles. The minimum Gasteiger partial charge on any atom is -0.112 e. The van der Waals surface area contributed by atoms with Gasteiger partial charge in [0.1, 0.15) is 0 Å². The van der Waals surface area contributed by atoms with Crippen LogP contribution in [0.5, 0.6) is 0 Å². The lowest BCUT2D eigenvalue weighted by molar-refractivity contribution is 1.13. The van der Waals surface area contributed by atoms with Crippen molar-refractivity contribution in [3.05, 3.63) is 67.1 Å². The third kappa shape index (κ3) is 3.15. The van der Waals surface area contributed by atoms with E-state index in [4.69, 9.17) is 46.4 Å². The third-order valence-electron chi connectivity index (χ3n) is 2.46. The Morgan fingerprint density at radius 2 is 1.39 bits per heavy atom. The van der Waals surface area contributed by atoms with Gasteiger partial charge in [-0.05, 0) is 47.5 Å². The van der Waals surface area contributed by atoms with Gasteiger partial charge in [-0.3, -0.25) is 0 Å². The van der Waals surface area contributed by atoms with Gasteiger partial charge in [0.25, 0.3) is 0 Å². The molecule has 2 rings (SSSR count). The molecule has 0 saturated carbocycles. The number of rotatable bonds is 2. The zero-order valence-electron chi connectivity index (χ0n) is 8.93. The number of benzene rings is 2. The molecule has 2 aromatic rings. The summed E-state index contributed by atoms with van der Waals surface area (Å²) in [7, 11) is 0. The first kappa shape index (κ1) is 14.5. The highest BCUT2D eigenvalue weighted by Gasteiger charge is 2.17. The van der Waals surface area contributed by atoms with Gasteiger partial charge in [0.05, 0.1) is 5.38 Å². The maximum atomic E-state index is 6.45. The van der Waals surface area contributed by atoms with Gasteiger partial charge in [-0.1, -0.05) is 50.7 Å². The van der Waals surface area contributed by atoms with E-state index in [0.717, 1.165) is 15.6 Å². The summed E-state index contributed by atoms with van der Waals surface area (Å²) in [5.74, 6) is 0. The average Bonchev–Trinajstić information content (AvgIpc) is 2.34. The molecule has 0 aliphatic rings. The van der Waals surface area contributed by atoms with Crippen LogP contribution in [-0.2, 0) is 0 Å². The quantitative estimate of drug-likeness (QED) is 0.503. The van der Waals surface area contributed by atoms with Gasteiger partial charge >= 0.3 is 0 Å². The fourth-order valence-corrected chi connectivity index (χ4v) is 3.20. The molecule has 0 bridgehead atoms. The van der Waals surface area contributed by atoms with E-state index in [1.165, 1.54) is 0 Å². The summed E-state index contributed by atoms with van der Waals surface area (Å²) in [4.78, 5) is 0. The average molecular weight is 385 g/mol. The predicted octanol–water partition coefficient (Wildman–Crippen LogP) is 6.74. The van der Waals surface area contributed by atoms with Crippen LogP contribution in [0.3, 0.4) is 0 Å². The van der Waals surface area contributed by atoms with Crippen LogP contribution in [0.15, 0.2) is 40.9 Å². The first-order valence-electron chi connectivity index (χ1n) is 5.03. The number of hydrogen-bond donors (Lipinski definition) is 0. The summed E-state index contributed by atoms with van der Waals surface area (Å²) in [6.07, 6.45) is 0. The number of halogens is 5. The Morgan fingerprint density at radius 1 is 0.833 bits per heavy atom. The molecule has 1 atom stereocenters. The zero-order valence-corrected chi connectivity index (χ0v) is 13.5. The maximum absolute atomic E-state index is 6.45. The van der Waals surface area contributed by atoms with E-state index in [2.05, 4.69) is 15.9 Å². The van der Waals surface area contributed by atoms with Crippen molar-refractivity contribution in [2.75, 3.05) is 0 Å². The minimum atomic E-state index is -0.413. The molecule has 0 aromatic heterocycles. The Morgan fingerprint density at radius 3 is 2.06 bits per heavy atom. The van der Waals surface area contributed by atoms with Crippen LogP contribution in [0.1, 0.15) is 16.5 Å². The highest BCUT2D eigenvalue weighted by Crippen LogP contribution is 2.39. The highest BCUT2D eigenvalue weighted by atomic mass is 79.9. The molecule has 0 spiro atoms. The predicted molar refractivity (Wildman–Crippen MR) is 83.3 cm³/mol.